The normalized spacial score (nSPS) is 17.2. The number of nitrogens with one attached hydrogen (secondary N) is 1. The second-order valence-electron chi connectivity index (χ2n) is 6.75. The summed E-state index contributed by atoms with van der Waals surface area (Å²) in [5, 5.41) is 3.02. The smallest absolute Gasteiger partial charge is 0.264 e. The molecule has 0 saturated carbocycles. The van der Waals surface area contributed by atoms with Crippen molar-refractivity contribution in [2.45, 2.75) is 32.7 Å². The lowest BCUT2D eigenvalue weighted by Gasteiger charge is -2.19. The number of hydrogen-bond donors (Lipinski definition) is 1. The molecule has 0 bridgehead atoms. The number of nitrogens with zero attached hydrogens (tertiary/aromatic N) is 3. The number of hydrogen-bond acceptors (Lipinski definition) is 4. The van der Waals surface area contributed by atoms with Gasteiger partial charge < -0.3 is 10.2 Å². The van der Waals surface area contributed by atoms with E-state index in [1.165, 1.54) is 12.3 Å². The second kappa shape index (κ2) is 7.76. The van der Waals surface area contributed by atoms with E-state index < -0.39 is 6.43 Å². The van der Waals surface area contributed by atoms with Crippen LogP contribution >= 0.6 is 0 Å². The van der Waals surface area contributed by atoms with Crippen LogP contribution in [0.3, 0.4) is 0 Å². The van der Waals surface area contributed by atoms with E-state index in [2.05, 4.69) is 15.3 Å². The van der Waals surface area contributed by atoms with Crippen LogP contribution in [0.25, 0.3) is 11.3 Å². The summed E-state index contributed by atoms with van der Waals surface area (Å²) in [6.45, 7) is 5.08. The number of halogens is 2. The monoisotopic (exact) mass is 362 g/mol. The molecule has 0 spiro atoms. The molecule has 26 heavy (non-hydrogen) atoms. The molecule has 2 aromatic rings. The Morgan fingerprint density at radius 1 is 1.31 bits per heavy atom. The number of carbonyl (C=O) groups excluding carboxylic acids is 1. The molecule has 5 nitrogen and oxygen atoms in total. The molecule has 1 amide bonds. The van der Waals surface area contributed by atoms with E-state index in [1.807, 2.05) is 18.7 Å². The predicted molar refractivity (Wildman–Crippen MR) is 98.1 cm³/mol. The molecule has 0 unspecified atom stereocenters. The molecule has 1 N–H and O–H groups in total. The molecular formula is C19H24F2N4O. The van der Waals surface area contributed by atoms with Crippen LogP contribution < -0.4 is 10.2 Å². The van der Waals surface area contributed by atoms with Gasteiger partial charge in [0.2, 0.25) is 5.91 Å². The van der Waals surface area contributed by atoms with Crippen molar-refractivity contribution in [1.82, 2.24) is 15.3 Å². The second-order valence-corrected chi connectivity index (χ2v) is 6.75. The van der Waals surface area contributed by atoms with E-state index in [0.29, 0.717) is 23.6 Å². The topological polar surface area (TPSA) is 58.1 Å². The number of rotatable bonds is 5. The number of anilines is 1. The number of aromatic nitrogens is 2. The van der Waals surface area contributed by atoms with Crippen LogP contribution in [0.5, 0.6) is 0 Å². The number of carbonyl (C=O) groups is 1. The van der Waals surface area contributed by atoms with Gasteiger partial charge in [-0.25, -0.2) is 13.8 Å². The van der Waals surface area contributed by atoms with Gasteiger partial charge in [-0.15, -0.1) is 0 Å². The molecule has 1 saturated heterocycles. The van der Waals surface area contributed by atoms with E-state index >= 15 is 0 Å². The van der Waals surface area contributed by atoms with Crippen LogP contribution in [0.4, 0.5) is 14.6 Å². The van der Waals surface area contributed by atoms with Crippen LogP contribution in [0.1, 0.15) is 33.7 Å². The van der Waals surface area contributed by atoms with E-state index in [9.17, 15) is 13.6 Å². The van der Waals surface area contributed by atoms with Gasteiger partial charge in [0.05, 0.1) is 18.1 Å². The average molecular weight is 362 g/mol. The van der Waals surface area contributed by atoms with Gasteiger partial charge in [0.25, 0.3) is 6.43 Å². The molecule has 0 radical (unpaired) electrons. The highest BCUT2D eigenvalue weighted by atomic mass is 19.3. The summed E-state index contributed by atoms with van der Waals surface area (Å²) in [7, 11) is 0. The summed E-state index contributed by atoms with van der Waals surface area (Å²) >= 11 is 0. The van der Waals surface area contributed by atoms with Crippen molar-refractivity contribution in [3.8, 4) is 11.3 Å². The zero-order valence-corrected chi connectivity index (χ0v) is 14.8. The van der Waals surface area contributed by atoms with Crippen molar-refractivity contribution >= 4 is 11.7 Å². The molecule has 3 rings (SSSR count). The minimum Gasteiger partial charge on any atom is -0.353 e. The lowest BCUT2D eigenvalue weighted by Crippen LogP contribution is -2.39. The maximum Gasteiger partial charge on any atom is 0.264 e. The molecule has 1 fully saturated rings. The van der Waals surface area contributed by atoms with Crippen LogP contribution in [-0.2, 0) is 4.79 Å². The molecule has 1 aromatic carbocycles. The van der Waals surface area contributed by atoms with Gasteiger partial charge in [-0.1, -0.05) is 38.1 Å². The van der Waals surface area contributed by atoms with Crippen molar-refractivity contribution in [2.24, 2.45) is 5.92 Å². The highest BCUT2D eigenvalue weighted by Crippen LogP contribution is 2.30. The Morgan fingerprint density at radius 2 is 2.08 bits per heavy atom. The van der Waals surface area contributed by atoms with E-state index in [0.717, 1.165) is 13.0 Å². The Balaban J connectivity index is 0.00000261. The lowest BCUT2D eigenvalue weighted by atomic mass is 10.1. The van der Waals surface area contributed by atoms with Crippen molar-refractivity contribution in [2.75, 3.05) is 18.0 Å². The van der Waals surface area contributed by atoms with Gasteiger partial charge >= 0.3 is 0 Å². The summed E-state index contributed by atoms with van der Waals surface area (Å²) in [6.07, 6.45) is 1.37. The Hall–Kier alpha value is -2.57. The van der Waals surface area contributed by atoms with Gasteiger partial charge in [0.15, 0.2) is 0 Å². The van der Waals surface area contributed by atoms with Crippen LogP contribution in [0.2, 0.25) is 0 Å². The molecular weight excluding hydrogens is 338 g/mol. The fourth-order valence-electron chi connectivity index (χ4n) is 3.01. The van der Waals surface area contributed by atoms with Crippen LogP contribution in [0, 0.1) is 5.92 Å². The van der Waals surface area contributed by atoms with Crippen molar-refractivity contribution in [3.63, 3.8) is 0 Å². The molecule has 2 heterocycles. The Labute approximate surface area is 152 Å². The molecule has 0 aliphatic carbocycles. The van der Waals surface area contributed by atoms with Crippen LogP contribution in [0.15, 0.2) is 36.7 Å². The van der Waals surface area contributed by atoms with E-state index in [4.69, 9.17) is 0 Å². The van der Waals surface area contributed by atoms with Gasteiger partial charge in [-0.05, 0) is 6.42 Å². The minimum atomic E-state index is -2.57. The molecule has 7 heteroatoms. The van der Waals surface area contributed by atoms with Crippen LogP contribution in [-0.4, -0.2) is 35.0 Å². The summed E-state index contributed by atoms with van der Waals surface area (Å²) < 4.78 is 26.5. The molecule has 1 aliphatic rings. The lowest BCUT2D eigenvalue weighted by molar-refractivity contribution is -0.124. The first-order valence-corrected chi connectivity index (χ1v) is 8.70. The largest absolute Gasteiger partial charge is 0.353 e. The standard InChI is InChI=1S/C19H22F2N4O.H2/c1-12(2)19(26)23-13-7-8-25(11-13)17-10-22-9-16(24-17)14-5-3-4-6-15(14)18(20)21;/h3-6,9-10,12-13,18H,7-8,11H2,1-2H3,(H,23,26);1H/t13-;/m1./s1. The Bertz CT molecular complexity index is 788. The van der Waals surface area contributed by atoms with Gasteiger partial charge in [0, 0.05) is 37.6 Å². The zero-order valence-electron chi connectivity index (χ0n) is 14.8. The molecule has 1 aliphatic heterocycles. The Kier molecular flexibility index (Phi) is 5.44. The van der Waals surface area contributed by atoms with Crippen molar-refractivity contribution in [1.29, 1.82) is 0 Å². The number of amides is 1. The zero-order chi connectivity index (χ0) is 18.7. The summed E-state index contributed by atoms with van der Waals surface area (Å²) in [6, 6.07) is 6.39. The third kappa shape index (κ3) is 3.98. The SMILES string of the molecule is CC(C)C(=O)N[C@@H]1CCN(c2cncc(-c3ccccc3C(F)F)n2)C1.[HH]. The van der Waals surface area contributed by atoms with Gasteiger partial charge in [-0.3, -0.25) is 9.78 Å². The first-order valence-electron chi connectivity index (χ1n) is 8.70. The maximum atomic E-state index is 13.3. The first-order chi connectivity index (χ1) is 12.5. The highest BCUT2D eigenvalue weighted by Gasteiger charge is 2.26. The highest BCUT2D eigenvalue weighted by molar-refractivity contribution is 5.78. The van der Waals surface area contributed by atoms with Gasteiger partial charge in [-0.2, -0.15) is 0 Å². The minimum absolute atomic E-state index is 0. The third-order valence-electron chi connectivity index (χ3n) is 4.48. The Morgan fingerprint density at radius 3 is 2.81 bits per heavy atom. The fraction of sp³-hybridized carbons (Fsp3) is 0.421. The third-order valence-corrected chi connectivity index (χ3v) is 4.48. The van der Waals surface area contributed by atoms with Gasteiger partial charge in [0.1, 0.15) is 5.82 Å². The molecule has 1 atom stereocenters. The summed E-state index contributed by atoms with van der Waals surface area (Å²) in [4.78, 5) is 22.6. The van der Waals surface area contributed by atoms with E-state index in [-0.39, 0.29) is 24.9 Å². The van der Waals surface area contributed by atoms with Crippen molar-refractivity contribution < 1.29 is 15.0 Å². The molecule has 140 valence electrons. The maximum absolute atomic E-state index is 13.3. The first kappa shape index (κ1) is 18.2. The summed E-state index contributed by atoms with van der Waals surface area (Å²) in [5.41, 5.74) is 0.760. The fourth-order valence-corrected chi connectivity index (χ4v) is 3.01. The van der Waals surface area contributed by atoms with E-state index in [1.54, 1.807) is 24.4 Å². The quantitative estimate of drug-likeness (QED) is 0.882. The summed E-state index contributed by atoms with van der Waals surface area (Å²) in [5.74, 6) is 0.605. The molecule has 1 aromatic heterocycles. The average Bonchev–Trinajstić information content (AvgIpc) is 3.10. The predicted octanol–water partition coefficient (Wildman–Crippen LogP) is 3.68. The van der Waals surface area contributed by atoms with Crippen molar-refractivity contribution in [3.05, 3.63) is 42.2 Å². The number of alkyl halides is 2. The number of benzene rings is 1.